The van der Waals surface area contributed by atoms with Gasteiger partial charge >= 0.3 is 5.97 Å². The lowest BCUT2D eigenvalue weighted by Crippen LogP contribution is -2.08. The van der Waals surface area contributed by atoms with Crippen molar-refractivity contribution in [3.8, 4) is 11.5 Å². The molecule has 1 unspecified atom stereocenters. The van der Waals surface area contributed by atoms with Crippen molar-refractivity contribution in [1.29, 1.82) is 0 Å². The fraction of sp³-hybridized carbons (Fsp3) is 0.278. The van der Waals surface area contributed by atoms with Gasteiger partial charge in [-0.2, -0.15) is 0 Å². The monoisotopic (exact) mass is 284 g/mol. The molecule has 2 aromatic carbocycles. The average Bonchev–Trinajstić information content (AvgIpc) is 2.49. The third-order valence-electron chi connectivity index (χ3n) is 3.18. The molecule has 0 spiro atoms. The van der Waals surface area contributed by atoms with Crippen molar-refractivity contribution >= 4 is 5.97 Å². The van der Waals surface area contributed by atoms with E-state index in [4.69, 9.17) is 9.47 Å². The van der Waals surface area contributed by atoms with E-state index in [9.17, 15) is 4.79 Å². The predicted octanol–water partition coefficient (Wildman–Crippen LogP) is 4.54. The maximum Gasteiger partial charge on any atom is 0.306 e. The van der Waals surface area contributed by atoms with Crippen molar-refractivity contribution < 1.29 is 14.3 Å². The summed E-state index contributed by atoms with van der Waals surface area (Å²) in [5.41, 5.74) is 1.07. The lowest BCUT2D eigenvalue weighted by atomic mass is 9.98. The minimum absolute atomic E-state index is 0.100. The average molecular weight is 284 g/mol. The highest BCUT2D eigenvalue weighted by atomic mass is 16.5. The van der Waals surface area contributed by atoms with Gasteiger partial charge in [0.25, 0.3) is 0 Å². The second-order valence-electron chi connectivity index (χ2n) is 4.90. The highest BCUT2D eigenvalue weighted by molar-refractivity contribution is 5.70. The van der Waals surface area contributed by atoms with Crippen LogP contribution in [0.2, 0.25) is 0 Å². The predicted molar refractivity (Wildman–Crippen MR) is 82.6 cm³/mol. The number of para-hydroxylation sites is 1. The van der Waals surface area contributed by atoms with Gasteiger partial charge in [0.1, 0.15) is 11.5 Å². The van der Waals surface area contributed by atoms with Crippen LogP contribution in [0.3, 0.4) is 0 Å². The van der Waals surface area contributed by atoms with Gasteiger partial charge in [-0.1, -0.05) is 37.3 Å². The molecule has 0 amide bonds. The maximum absolute atomic E-state index is 11.5. The van der Waals surface area contributed by atoms with Gasteiger partial charge < -0.3 is 9.47 Å². The largest absolute Gasteiger partial charge is 0.466 e. The van der Waals surface area contributed by atoms with Crippen molar-refractivity contribution in [2.45, 2.75) is 26.2 Å². The first-order valence-corrected chi connectivity index (χ1v) is 7.17. The van der Waals surface area contributed by atoms with Crippen LogP contribution in [0, 0.1) is 0 Å². The molecule has 3 nitrogen and oxygen atoms in total. The molecule has 0 saturated carbocycles. The van der Waals surface area contributed by atoms with Gasteiger partial charge in [-0.25, -0.2) is 0 Å². The van der Waals surface area contributed by atoms with Gasteiger partial charge in [-0.05, 0) is 42.7 Å². The standard InChI is InChI=1S/C18H20O3/c1-3-20-18(19)12-14(2)15-8-7-11-17(13-15)21-16-9-5-4-6-10-16/h4-11,13-14H,3,12H2,1-2H3. The molecular formula is C18H20O3. The molecule has 0 saturated heterocycles. The van der Waals surface area contributed by atoms with Crippen molar-refractivity contribution in [2.75, 3.05) is 6.61 Å². The second-order valence-corrected chi connectivity index (χ2v) is 4.90. The molecule has 0 radical (unpaired) electrons. The number of esters is 1. The third-order valence-corrected chi connectivity index (χ3v) is 3.18. The Kier molecular flexibility index (Phi) is 5.38. The number of hydrogen-bond acceptors (Lipinski definition) is 3. The summed E-state index contributed by atoms with van der Waals surface area (Å²) in [6.07, 6.45) is 0.378. The van der Waals surface area contributed by atoms with Gasteiger partial charge in [0, 0.05) is 0 Å². The number of carbonyl (C=O) groups is 1. The minimum atomic E-state index is -0.167. The van der Waals surface area contributed by atoms with Gasteiger partial charge in [0.15, 0.2) is 0 Å². The number of rotatable bonds is 6. The van der Waals surface area contributed by atoms with E-state index in [1.165, 1.54) is 0 Å². The zero-order valence-corrected chi connectivity index (χ0v) is 12.4. The van der Waals surface area contributed by atoms with E-state index < -0.39 is 0 Å². The summed E-state index contributed by atoms with van der Waals surface area (Å²) in [5, 5.41) is 0. The van der Waals surface area contributed by atoms with Crippen LogP contribution in [-0.4, -0.2) is 12.6 Å². The number of hydrogen-bond donors (Lipinski definition) is 0. The smallest absolute Gasteiger partial charge is 0.306 e. The topological polar surface area (TPSA) is 35.5 Å². The van der Waals surface area contributed by atoms with Crippen LogP contribution in [0.15, 0.2) is 54.6 Å². The Labute approximate surface area is 125 Å². The summed E-state index contributed by atoms with van der Waals surface area (Å²) in [4.78, 5) is 11.5. The Balaban J connectivity index is 2.05. The van der Waals surface area contributed by atoms with Gasteiger partial charge in [0.05, 0.1) is 13.0 Å². The first-order valence-electron chi connectivity index (χ1n) is 7.17. The molecule has 0 aliphatic carbocycles. The molecule has 1 atom stereocenters. The van der Waals surface area contributed by atoms with Crippen LogP contribution in [0.1, 0.15) is 31.7 Å². The Hall–Kier alpha value is -2.29. The second kappa shape index (κ2) is 7.48. The molecule has 0 aromatic heterocycles. The molecule has 2 aromatic rings. The number of benzene rings is 2. The van der Waals surface area contributed by atoms with Crippen molar-refractivity contribution in [3.05, 3.63) is 60.2 Å². The lowest BCUT2D eigenvalue weighted by molar-refractivity contribution is -0.143. The Morgan fingerprint density at radius 3 is 2.48 bits per heavy atom. The highest BCUT2D eigenvalue weighted by Crippen LogP contribution is 2.26. The summed E-state index contributed by atoms with van der Waals surface area (Å²) in [6.45, 7) is 4.25. The fourth-order valence-corrected chi connectivity index (χ4v) is 2.10. The third kappa shape index (κ3) is 4.63. The Morgan fingerprint density at radius 1 is 1.05 bits per heavy atom. The molecule has 2 rings (SSSR count). The number of carbonyl (C=O) groups excluding carboxylic acids is 1. The first-order chi connectivity index (χ1) is 10.2. The molecule has 0 fully saturated rings. The van der Waals surface area contributed by atoms with E-state index in [1.807, 2.05) is 68.4 Å². The molecule has 110 valence electrons. The Morgan fingerprint density at radius 2 is 1.76 bits per heavy atom. The molecule has 0 N–H and O–H groups in total. The molecule has 21 heavy (non-hydrogen) atoms. The van der Waals surface area contributed by atoms with E-state index >= 15 is 0 Å². The van der Waals surface area contributed by atoms with E-state index in [0.29, 0.717) is 13.0 Å². The summed E-state index contributed by atoms with van der Waals surface area (Å²) >= 11 is 0. The van der Waals surface area contributed by atoms with Crippen LogP contribution < -0.4 is 4.74 Å². The summed E-state index contributed by atoms with van der Waals surface area (Å²) in [6, 6.07) is 17.5. The van der Waals surface area contributed by atoms with Crippen LogP contribution >= 0.6 is 0 Å². The number of ether oxygens (including phenoxy) is 2. The molecule has 0 aliphatic rings. The van der Waals surface area contributed by atoms with Crippen LogP contribution in [0.4, 0.5) is 0 Å². The minimum Gasteiger partial charge on any atom is -0.466 e. The first kappa shape index (κ1) is 15.1. The highest BCUT2D eigenvalue weighted by Gasteiger charge is 2.12. The van der Waals surface area contributed by atoms with E-state index in [0.717, 1.165) is 17.1 Å². The molecule has 3 heteroatoms. The Bertz CT molecular complexity index is 578. The SMILES string of the molecule is CCOC(=O)CC(C)c1cccc(Oc2ccccc2)c1. The fourth-order valence-electron chi connectivity index (χ4n) is 2.10. The maximum atomic E-state index is 11.5. The zero-order valence-electron chi connectivity index (χ0n) is 12.4. The normalized spacial score (nSPS) is 11.7. The van der Waals surface area contributed by atoms with Gasteiger partial charge in [0.2, 0.25) is 0 Å². The van der Waals surface area contributed by atoms with E-state index in [1.54, 1.807) is 0 Å². The van der Waals surface area contributed by atoms with E-state index in [2.05, 4.69) is 0 Å². The molecule has 0 bridgehead atoms. The van der Waals surface area contributed by atoms with Crippen molar-refractivity contribution in [1.82, 2.24) is 0 Å². The van der Waals surface area contributed by atoms with Crippen LogP contribution in [-0.2, 0) is 9.53 Å². The van der Waals surface area contributed by atoms with Crippen LogP contribution in [0.5, 0.6) is 11.5 Å². The van der Waals surface area contributed by atoms with Crippen molar-refractivity contribution in [3.63, 3.8) is 0 Å². The van der Waals surface area contributed by atoms with Gasteiger partial charge in [-0.3, -0.25) is 4.79 Å². The van der Waals surface area contributed by atoms with Gasteiger partial charge in [-0.15, -0.1) is 0 Å². The van der Waals surface area contributed by atoms with Crippen LogP contribution in [0.25, 0.3) is 0 Å². The summed E-state index contributed by atoms with van der Waals surface area (Å²) in [7, 11) is 0. The molecule has 0 heterocycles. The zero-order chi connectivity index (χ0) is 15.1. The van der Waals surface area contributed by atoms with E-state index in [-0.39, 0.29) is 11.9 Å². The quantitative estimate of drug-likeness (QED) is 0.731. The molecule has 0 aliphatic heterocycles. The lowest BCUT2D eigenvalue weighted by Gasteiger charge is -2.13. The summed E-state index contributed by atoms with van der Waals surface area (Å²) in [5.74, 6) is 1.50. The molecular weight excluding hydrogens is 264 g/mol. The summed E-state index contributed by atoms with van der Waals surface area (Å²) < 4.78 is 10.8. The van der Waals surface area contributed by atoms with Crippen molar-refractivity contribution in [2.24, 2.45) is 0 Å².